The Labute approximate surface area is 274 Å². The first kappa shape index (κ1) is 27.0. The Kier molecular flexibility index (Phi) is 5.40. The van der Waals surface area contributed by atoms with Gasteiger partial charge in [0.05, 0.1) is 11.2 Å². The molecule has 3 aromatic heterocycles. The first-order valence-corrected chi connectivity index (χ1v) is 17.4. The SMILES string of the molecule is CC1(C)OB(c2cc3sc4c(-c5ccccc5)c(-c5ccccc5)c5oc6cc7ccccc7c7sc(c2)c3c4c5c67)OC1(C)C. The number of benzene rings is 6. The first-order chi connectivity index (χ1) is 22.3. The van der Waals surface area contributed by atoms with Crippen LogP contribution in [0, 0.1) is 0 Å². The van der Waals surface area contributed by atoms with Crippen LogP contribution >= 0.6 is 22.7 Å². The van der Waals surface area contributed by atoms with E-state index in [1.54, 1.807) is 0 Å². The van der Waals surface area contributed by atoms with Gasteiger partial charge in [-0.15, -0.1) is 22.7 Å². The molecule has 0 atom stereocenters. The first-order valence-electron chi connectivity index (χ1n) is 15.8. The summed E-state index contributed by atoms with van der Waals surface area (Å²) >= 11 is 3.73. The number of thiophene rings is 1. The van der Waals surface area contributed by atoms with E-state index in [2.05, 4.69) is 131 Å². The summed E-state index contributed by atoms with van der Waals surface area (Å²) in [6.45, 7) is 8.48. The Morgan fingerprint density at radius 3 is 1.83 bits per heavy atom. The van der Waals surface area contributed by atoms with E-state index in [-0.39, 0.29) is 0 Å². The molecule has 0 radical (unpaired) electrons. The van der Waals surface area contributed by atoms with Crippen LogP contribution in [0.5, 0.6) is 0 Å². The molecule has 1 saturated heterocycles. The Morgan fingerprint density at radius 2 is 1.15 bits per heavy atom. The highest BCUT2D eigenvalue weighted by Crippen LogP contribution is 2.56. The minimum absolute atomic E-state index is 0.420. The van der Waals surface area contributed by atoms with E-state index in [1.807, 2.05) is 22.7 Å². The average Bonchev–Trinajstić information content (AvgIpc) is 3.64. The van der Waals surface area contributed by atoms with E-state index >= 15 is 0 Å². The second kappa shape index (κ2) is 9.21. The number of hydrogen-bond acceptors (Lipinski definition) is 5. The van der Waals surface area contributed by atoms with E-state index in [1.165, 1.54) is 62.2 Å². The van der Waals surface area contributed by atoms with Crippen molar-refractivity contribution < 1.29 is 13.7 Å². The number of furan rings is 1. The lowest BCUT2D eigenvalue weighted by atomic mass is 9.79. The quantitative estimate of drug-likeness (QED) is 0.182. The molecule has 6 aromatic carbocycles. The fourth-order valence-electron chi connectivity index (χ4n) is 7.32. The van der Waals surface area contributed by atoms with Crippen molar-refractivity contribution in [3.8, 4) is 22.3 Å². The van der Waals surface area contributed by atoms with Crippen LogP contribution in [-0.2, 0) is 9.31 Å². The Bertz CT molecular complexity index is 2630. The van der Waals surface area contributed by atoms with Gasteiger partial charge >= 0.3 is 7.12 Å². The van der Waals surface area contributed by atoms with Gasteiger partial charge in [0.2, 0.25) is 0 Å². The lowest BCUT2D eigenvalue weighted by Gasteiger charge is -2.32. The minimum Gasteiger partial charge on any atom is -0.455 e. The van der Waals surface area contributed by atoms with Crippen LogP contribution in [0.2, 0.25) is 0 Å². The molecule has 4 heterocycles. The van der Waals surface area contributed by atoms with E-state index in [0.29, 0.717) is 0 Å². The molecule has 3 nitrogen and oxygen atoms in total. The third kappa shape index (κ3) is 3.56. The van der Waals surface area contributed by atoms with Crippen molar-refractivity contribution in [1.82, 2.24) is 0 Å². The lowest BCUT2D eigenvalue weighted by molar-refractivity contribution is 0.00578. The molecule has 0 aliphatic carbocycles. The van der Waals surface area contributed by atoms with Crippen molar-refractivity contribution in [3.63, 3.8) is 0 Å². The van der Waals surface area contributed by atoms with E-state index < -0.39 is 18.3 Å². The average molecular weight is 633 g/mol. The van der Waals surface area contributed by atoms with Gasteiger partial charge in [0.25, 0.3) is 0 Å². The zero-order chi connectivity index (χ0) is 30.9. The van der Waals surface area contributed by atoms with Gasteiger partial charge in [-0.2, -0.15) is 0 Å². The topological polar surface area (TPSA) is 31.6 Å². The molecule has 0 N–H and O–H groups in total. The summed E-state index contributed by atoms with van der Waals surface area (Å²) in [5, 5.41) is 7.41. The molecule has 0 spiro atoms. The Hall–Kier alpha value is -4.20. The second-order valence-electron chi connectivity index (χ2n) is 13.5. The molecule has 0 unspecified atom stereocenters. The largest absolute Gasteiger partial charge is 0.494 e. The summed E-state index contributed by atoms with van der Waals surface area (Å²) < 4.78 is 25.3. The number of fused-ring (bicyclic) bond motifs is 2. The van der Waals surface area contributed by atoms with Crippen LogP contribution in [0.15, 0.2) is 108 Å². The Morgan fingerprint density at radius 1 is 0.565 bits per heavy atom. The van der Waals surface area contributed by atoms with Crippen LogP contribution in [0.25, 0.3) is 84.5 Å². The van der Waals surface area contributed by atoms with Crippen LogP contribution in [0.4, 0.5) is 0 Å². The number of hydrogen-bond donors (Lipinski definition) is 0. The second-order valence-corrected chi connectivity index (χ2v) is 15.6. The van der Waals surface area contributed by atoms with Crippen molar-refractivity contribution in [3.05, 3.63) is 103 Å². The summed E-state index contributed by atoms with van der Waals surface area (Å²) in [5.41, 5.74) is 6.80. The molecular formula is C40H29BO3S2. The summed E-state index contributed by atoms with van der Waals surface area (Å²) in [7, 11) is -0.443. The van der Waals surface area contributed by atoms with E-state index in [4.69, 9.17) is 13.7 Å². The maximum absolute atomic E-state index is 7.05. The van der Waals surface area contributed by atoms with Gasteiger partial charge < -0.3 is 13.7 Å². The third-order valence-electron chi connectivity index (χ3n) is 10.2. The van der Waals surface area contributed by atoms with Gasteiger partial charge in [-0.1, -0.05) is 84.9 Å². The highest BCUT2D eigenvalue weighted by atomic mass is 32.1. The van der Waals surface area contributed by atoms with Crippen molar-refractivity contribution >= 4 is 97.5 Å². The van der Waals surface area contributed by atoms with Crippen molar-refractivity contribution in [2.45, 2.75) is 38.9 Å². The fourth-order valence-corrected chi connectivity index (χ4v) is 10.1. The maximum Gasteiger partial charge on any atom is 0.494 e. The summed E-state index contributed by atoms with van der Waals surface area (Å²) in [5.74, 6) is 0. The normalized spacial score (nSPS) is 16.4. The fraction of sp³-hybridized carbons (Fsp3) is 0.150. The van der Waals surface area contributed by atoms with E-state index in [9.17, 15) is 0 Å². The van der Waals surface area contributed by atoms with Crippen molar-refractivity contribution in [2.24, 2.45) is 0 Å². The van der Waals surface area contributed by atoms with Crippen molar-refractivity contribution in [1.29, 1.82) is 0 Å². The third-order valence-corrected chi connectivity index (χ3v) is 12.6. The molecule has 10 rings (SSSR count). The van der Waals surface area contributed by atoms with Crippen LogP contribution in [0.3, 0.4) is 0 Å². The van der Waals surface area contributed by atoms with Gasteiger partial charge in [-0.3, -0.25) is 0 Å². The summed E-state index contributed by atoms with van der Waals surface area (Å²) in [6.07, 6.45) is 0. The molecule has 1 fully saturated rings. The molecular weight excluding hydrogens is 603 g/mol. The lowest BCUT2D eigenvalue weighted by Crippen LogP contribution is -2.41. The van der Waals surface area contributed by atoms with Gasteiger partial charge in [-0.25, -0.2) is 0 Å². The smallest absolute Gasteiger partial charge is 0.455 e. The van der Waals surface area contributed by atoms with Crippen LogP contribution in [-0.4, -0.2) is 18.3 Å². The minimum atomic E-state index is -0.443. The highest BCUT2D eigenvalue weighted by Gasteiger charge is 2.52. The molecule has 6 heteroatoms. The molecule has 0 amide bonds. The monoisotopic (exact) mass is 632 g/mol. The van der Waals surface area contributed by atoms with E-state index in [0.717, 1.165) is 27.8 Å². The zero-order valence-electron chi connectivity index (χ0n) is 25.9. The highest BCUT2D eigenvalue weighted by molar-refractivity contribution is 7.30. The van der Waals surface area contributed by atoms with Gasteiger partial charge in [0.1, 0.15) is 11.2 Å². The number of rotatable bonds is 3. The standard InChI is InChI=1S/C40H29BO3S2/c1-39(2)40(3,4)44-41(43-39)25-20-28-33-29(21-25)46-38-31(23-15-9-6-10-16-23)30(22-13-7-5-8-14-22)36-34(35(33)38)32-27(42-36)19-24-17-11-12-18-26(24)37(32)45-28/h5-21H,1-4H3. The van der Waals surface area contributed by atoms with Crippen LogP contribution in [0.1, 0.15) is 27.7 Å². The van der Waals surface area contributed by atoms with Gasteiger partial charge in [0.15, 0.2) is 0 Å². The molecule has 46 heavy (non-hydrogen) atoms. The molecule has 0 bridgehead atoms. The van der Waals surface area contributed by atoms with Gasteiger partial charge in [-0.05, 0) is 73.3 Å². The molecule has 1 aliphatic rings. The zero-order valence-corrected chi connectivity index (χ0v) is 27.6. The molecule has 222 valence electrons. The van der Waals surface area contributed by atoms with Crippen LogP contribution < -0.4 is 5.46 Å². The predicted octanol–water partition coefficient (Wildman–Crippen LogP) is 11.4. The van der Waals surface area contributed by atoms with Gasteiger partial charge in [0, 0.05) is 51.5 Å². The Balaban J connectivity index is 1.45. The molecule has 0 saturated carbocycles. The summed E-state index contributed by atoms with van der Waals surface area (Å²) in [6, 6.07) is 37.1. The maximum atomic E-state index is 7.05. The molecule has 9 aromatic rings. The van der Waals surface area contributed by atoms with Crippen molar-refractivity contribution in [2.75, 3.05) is 0 Å². The molecule has 1 aliphatic heterocycles. The summed E-state index contributed by atoms with van der Waals surface area (Å²) in [4.78, 5) is 0. The predicted molar refractivity (Wildman–Crippen MR) is 197 cm³/mol.